The van der Waals surface area contributed by atoms with E-state index in [1.807, 2.05) is 31.2 Å². The molecule has 1 amide bonds. The van der Waals surface area contributed by atoms with Crippen molar-refractivity contribution in [2.75, 3.05) is 27.2 Å². The van der Waals surface area contributed by atoms with Gasteiger partial charge in [-0.2, -0.15) is 4.31 Å². The first-order valence-corrected chi connectivity index (χ1v) is 11.1. The highest BCUT2D eigenvalue weighted by atomic mass is 32.2. The van der Waals surface area contributed by atoms with Crippen LogP contribution >= 0.6 is 0 Å². The molecule has 1 unspecified atom stereocenters. The van der Waals surface area contributed by atoms with Crippen LogP contribution < -0.4 is 4.74 Å². The lowest BCUT2D eigenvalue weighted by atomic mass is 9.95. The van der Waals surface area contributed by atoms with Crippen molar-refractivity contribution in [1.29, 1.82) is 0 Å². The number of hydrogen-bond donors (Lipinski definition) is 0. The highest BCUT2D eigenvalue weighted by Gasteiger charge is 2.34. The van der Waals surface area contributed by atoms with E-state index in [0.717, 1.165) is 11.3 Å². The predicted octanol–water partition coefficient (Wildman–Crippen LogP) is 2.71. The van der Waals surface area contributed by atoms with E-state index in [1.54, 1.807) is 37.4 Å². The van der Waals surface area contributed by atoms with Gasteiger partial charge < -0.3 is 9.64 Å². The molecule has 8 heteroatoms. The summed E-state index contributed by atoms with van der Waals surface area (Å²) in [5, 5.41) is 0. The third-order valence-electron chi connectivity index (χ3n) is 5.60. The third-order valence-corrected chi connectivity index (χ3v) is 7.48. The van der Waals surface area contributed by atoms with Crippen molar-refractivity contribution in [3.63, 3.8) is 0 Å². The Kier molecular flexibility index (Phi) is 6.54. The maximum atomic E-state index is 13.0. The van der Waals surface area contributed by atoms with E-state index in [2.05, 4.69) is 4.98 Å². The molecule has 2 aromatic rings. The van der Waals surface area contributed by atoms with E-state index in [1.165, 1.54) is 10.5 Å². The summed E-state index contributed by atoms with van der Waals surface area (Å²) in [6.45, 7) is 2.65. The zero-order valence-corrected chi connectivity index (χ0v) is 17.8. The molecule has 1 aliphatic heterocycles. The van der Waals surface area contributed by atoms with Crippen LogP contribution in [0.5, 0.6) is 5.75 Å². The van der Waals surface area contributed by atoms with Gasteiger partial charge in [0.1, 0.15) is 10.6 Å². The van der Waals surface area contributed by atoms with Crippen LogP contribution in [0.2, 0.25) is 0 Å². The zero-order valence-electron chi connectivity index (χ0n) is 17.0. The van der Waals surface area contributed by atoms with Gasteiger partial charge in [-0.15, -0.1) is 0 Å². The maximum absolute atomic E-state index is 13.0. The molecule has 0 bridgehead atoms. The number of aromatic nitrogens is 1. The van der Waals surface area contributed by atoms with Crippen molar-refractivity contribution in [2.24, 2.45) is 5.92 Å². The molecule has 1 aliphatic rings. The number of nitrogens with zero attached hydrogens (tertiary/aromatic N) is 3. The van der Waals surface area contributed by atoms with Gasteiger partial charge in [0.15, 0.2) is 0 Å². The molecule has 1 aromatic carbocycles. The van der Waals surface area contributed by atoms with E-state index in [-0.39, 0.29) is 22.8 Å². The summed E-state index contributed by atoms with van der Waals surface area (Å²) >= 11 is 0. The minimum atomic E-state index is -3.56. The molecule has 1 saturated heterocycles. The van der Waals surface area contributed by atoms with Crippen molar-refractivity contribution < 1.29 is 17.9 Å². The molecule has 0 saturated carbocycles. The number of methoxy groups -OCH3 is 1. The largest absolute Gasteiger partial charge is 0.497 e. The summed E-state index contributed by atoms with van der Waals surface area (Å²) in [4.78, 5) is 18.8. The Hall–Kier alpha value is -2.45. The fourth-order valence-corrected chi connectivity index (χ4v) is 5.01. The number of benzene rings is 1. The van der Waals surface area contributed by atoms with E-state index in [0.29, 0.717) is 25.9 Å². The lowest BCUT2D eigenvalue weighted by molar-refractivity contribution is -0.137. The van der Waals surface area contributed by atoms with Crippen LogP contribution in [0.4, 0.5) is 0 Å². The molecule has 7 nitrogen and oxygen atoms in total. The van der Waals surface area contributed by atoms with Crippen molar-refractivity contribution in [1.82, 2.24) is 14.2 Å². The van der Waals surface area contributed by atoms with Crippen molar-refractivity contribution in [3.05, 3.63) is 54.4 Å². The van der Waals surface area contributed by atoms with Crippen LogP contribution in [0.1, 0.15) is 31.4 Å². The quantitative estimate of drug-likeness (QED) is 0.722. The van der Waals surface area contributed by atoms with Gasteiger partial charge in [0.25, 0.3) is 0 Å². The van der Waals surface area contributed by atoms with E-state index in [4.69, 9.17) is 4.74 Å². The number of amides is 1. The normalized spacial score (nSPS) is 16.9. The first-order valence-electron chi connectivity index (χ1n) is 9.65. The van der Waals surface area contributed by atoms with Gasteiger partial charge in [-0.3, -0.25) is 9.78 Å². The first kappa shape index (κ1) is 21.3. The van der Waals surface area contributed by atoms with Crippen LogP contribution in [0.15, 0.2) is 53.7 Å². The molecule has 0 radical (unpaired) electrons. The molecule has 1 fully saturated rings. The molecule has 1 aromatic heterocycles. The number of sulfonamides is 1. The SMILES string of the molecule is COc1ccc(C(C)N(C)C(=O)C2CCN(S(=O)(=O)c3cccnc3)CC2)cc1. The van der Waals surface area contributed by atoms with E-state index in [9.17, 15) is 13.2 Å². The van der Waals surface area contributed by atoms with Gasteiger partial charge in [-0.25, -0.2) is 8.42 Å². The average molecular weight is 418 g/mol. The topological polar surface area (TPSA) is 79.8 Å². The first-order chi connectivity index (χ1) is 13.8. The highest BCUT2D eigenvalue weighted by molar-refractivity contribution is 7.89. The second-order valence-electron chi connectivity index (χ2n) is 7.27. The summed E-state index contributed by atoms with van der Waals surface area (Å²) in [5.41, 5.74) is 1.03. The van der Waals surface area contributed by atoms with E-state index < -0.39 is 10.0 Å². The second-order valence-corrected chi connectivity index (χ2v) is 9.20. The number of carbonyl (C=O) groups is 1. The number of hydrogen-bond acceptors (Lipinski definition) is 5. The number of ether oxygens (including phenoxy) is 1. The monoisotopic (exact) mass is 417 g/mol. The minimum Gasteiger partial charge on any atom is -0.497 e. The van der Waals surface area contributed by atoms with Crippen LogP contribution in [-0.4, -0.2) is 55.8 Å². The molecule has 1 atom stereocenters. The molecule has 0 N–H and O–H groups in total. The number of carbonyl (C=O) groups excluding carboxylic acids is 1. The van der Waals surface area contributed by atoms with Crippen LogP contribution in [-0.2, 0) is 14.8 Å². The van der Waals surface area contributed by atoms with Gasteiger partial charge >= 0.3 is 0 Å². The van der Waals surface area contributed by atoms with Crippen molar-refractivity contribution in [3.8, 4) is 5.75 Å². The predicted molar refractivity (Wildman–Crippen MR) is 110 cm³/mol. The molecular weight excluding hydrogens is 390 g/mol. The fourth-order valence-electron chi connectivity index (χ4n) is 3.58. The van der Waals surface area contributed by atoms with Gasteiger partial charge in [-0.05, 0) is 49.6 Å². The lowest BCUT2D eigenvalue weighted by Gasteiger charge is -2.34. The van der Waals surface area contributed by atoms with Crippen LogP contribution in [0.3, 0.4) is 0 Å². The summed E-state index contributed by atoms with van der Waals surface area (Å²) in [6, 6.07) is 10.7. The Morgan fingerprint density at radius 2 is 1.86 bits per heavy atom. The average Bonchev–Trinajstić information content (AvgIpc) is 2.78. The van der Waals surface area contributed by atoms with Gasteiger partial charge in [-0.1, -0.05) is 12.1 Å². The van der Waals surface area contributed by atoms with Crippen LogP contribution in [0, 0.1) is 5.92 Å². The van der Waals surface area contributed by atoms with Crippen molar-refractivity contribution in [2.45, 2.75) is 30.7 Å². The third kappa shape index (κ3) is 4.59. The molecule has 29 heavy (non-hydrogen) atoms. The fraction of sp³-hybridized carbons (Fsp3) is 0.429. The van der Waals surface area contributed by atoms with Crippen molar-refractivity contribution >= 4 is 15.9 Å². The molecule has 0 spiro atoms. The Balaban J connectivity index is 1.61. The van der Waals surface area contributed by atoms with Crippen LogP contribution in [0.25, 0.3) is 0 Å². The Morgan fingerprint density at radius 3 is 2.41 bits per heavy atom. The standard InChI is InChI=1S/C21H27N3O4S/c1-16(17-6-8-19(28-3)9-7-17)23(2)21(25)18-10-13-24(14-11-18)29(26,27)20-5-4-12-22-15-20/h4-9,12,15-16,18H,10-11,13-14H2,1-3H3. The molecular formula is C21H27N3O4S. The van der Waals surface area contributed by atoms with Gasteiger partial charge in [0, 0.05) is 38.4 Å². The summed E-state index contributed by atoms with van der Waals surface area (Å²) in [7, 11) is -0.142. The molecule has 156 valence electrons. The number of rotatable bonds is 6. The Morgan fingerprint density at radius 1 is 1.21 bits per heavy atom. The Labute approximate surface area is 172 Å². The highest BCUT2D eigenvalue weighted by Crippen LogP contribution is 2.28. The molecule has 2 heterocycles. The molecule has 0 aliphatic carbocycles. The summed E-state index contributed by atoms with van der Waals surface area (Å²) in [5.74, 6) is 0.643. The lowest BCUT2D eigenvalue weighted by Crippen LogP contribution is -2.44. The maximum Gasteiger partial charge on any atom is 0.244 e. The summed E-state index contributed by atoms with van der Waals surface area (Å²) in [6.07, 6.45) is 3.93. The number of pyridine rings is 1. The van der Waals surface area contributed by atoms with E-state index >= 15 is 0 Å². The van der Waals surface area contributed by atoms with Gasteiger partial charge in [0.05, 0.1) is 13.2 Å². The molecule has 3 rings (SSSR count). The summed E-state index contributed by atoms with van der Waals surface area (Å²) < 4.78 is 32.1. The zero-order chi connectivity index (χ0) is 21.0. The smallest absolute Gasteiger partial charge is 0.244 e. The second kappa shape index (κ2) is 8.92. The number of piperidine rings is 1. The van der Waals surface area contributed by atoms with Gasteiger partial charge in [0.2, 0.25) is 15.9 Å². The minimum absolute atomic E-state index is 0.0479. The Bertz CT molecular complexity index is 924.